The van der Waals surface area contributed by atoms with E-state index in [1.165, 1.54) is 32.6 Å². The maximum atomic E-state index is 11.5. The van der Waals surface area contributed by atoms with Crippen molar-refractivity contribution in [3.63, 3.8) is 0 Å². The second-order valence-electron chi connectivity index (χ2n) is 6.93. The van der Waals surface area contributed by atoms with Crippen LogP contribution >= 0.6 is 0 Å². The first-order chi connectivity index (χ1) is 11.9. The van der Waals surface area contributed by atoms with Gasteiger partial charge in [0.15, 0.2) is 0 Å². The standard InChI is InChI=1S/C19H34N2O4/c1-4-6-7-8-9-10-15(5-2)25-17-12-14(19(23)24)11-16(20)18(17)21-13(3)22/h12,15-18H,4-11,20H2,1-3H3,(H,21,22)(H,23,24). The van der Waals surface area contributed by atoms with Crippen molar-refractivity contribution in [2.24, 2.45) is 5.73 Å². The van der Waals surface area contributed by atoms with Gasteiger partial charge in [0.2, 0.25) is 5.91 Å². The van der Waals surface area contributed by atoms with Gasteiger partial charge in [-0.3, -0.25) is 4.79 Å². The SMILES string of the molecule is CCCCCCCC(CC)OC1C=C(C(=O)O)CC(N)C1NC(C)=O. The third kappa shape index (κ3) is 7.57. The van der Waals surface area contributed by atoms with E-state index in [-0.39, 0.29) is 24.0 Å². The molecule has 0 spiro atoms. The first kappa shape index (κ1) is 21.6. The van der Waals surface area contributed by atoms with E-state index in [0.717, 1.165) is 19.3 Å². The van der Waals surface area contributed by atoms with Gasteiger partial charge in [-0.05, 0) is 25.3 Å². The highest BCUT2D eigenvalue weighted by Crippen LogP contribution is 2.24. The Balaban J connectivity index is 2.73. The van der Waals surface area contributed by atoms with E-state index < -0.39 is 24.2 Å². The van der Waals surface area contributed by atoms with Crippen LogP contribution in [0, 0.1) is 0 Å². The van der Waals surface area contributed by atoms with Gasteiger partial charge in [-0.25, -0.2) is 4.79 Å². The summed E-state index contributed by atoms with van der Waals surface area (Å²) in [6.07, 6.45) is 9.16. The Morgan fingerprint density at radius 2 is 2.00 bits per heavy atom. The Hall–Kier alpha value is -1.40. The highest BCUT2D eigenvalue weighted by Gasteiger charge is 2.35. The van der Waals surface area contributed by atoms with Crippen LogP contribution in [0.15, 0.2) is 11.6 Å². The first-order valence-electron chi connectivity index (χ1n) is 9.51. The monoisotopic (exact) mass is 354 g/mol. The maximum Gasteiger partial charge on any atom is 0.331 e. The van der Waals surface area contributed by atoms with Crippen molar-refractivity contribution in [1.82, 2.24) is 5.32 Å². The van der Waals surface area contributed by atoms with Crippen LogP contribution in [0.5, 0.6) is 0 Å². The lowest BCUT2D eigenvalue weighted by Gasteiger charge is -2.36. The van der Waals surface area contributed by atoms with Crippen LogP contribution in [-0.4, -0.2) is 41.3 Å². The minimum absolute atomic E-state index is 0.0412. The van der Waals surface area contributed by atoms with Gasteiger partial charge in [0.05, 0.1) is 18.2 Å². The molecule has 0 aromatic rings. The number of hydrogen-bond acceptors (Lipinski definition) is 4. The molecule has 144 valence electrons. The summed E-state index contributed by atoms with van der Waals surface area (Å²) < 4.78 is 6.18. The topological polar surface area (TPSA) is 102 Å². The van der Waals surface area contributed by atoms with Crippen molar-refractivity contribution in [1.29, 1.82) is 0 Å². The Bertz CT molecular complexity index is 464. The van der Waals surface area contributed by atoms with Gasteiger partial charge in [-0.1, -0.05) is 46.0 Å². The van der Waals surface area contributed by atoms with E-state index in [9.17, 15) is 14.7 Å². The Kier molecular flexibility index (Phi) is 9.75. The van der Waals surface area contributed by atoms with Crippen LogP contribution in [0.2, 0.25) is 0 Å². The van der Waals surface area contributed by atoms with Crippen LogP contribution in [-0.2, 0) is 14.3 Å². The van der Waals surface area contributed by atoms with Gasteiger partial charge in [0.1, 0.15) is 0 Å². The van der Waals surface area contributed by atoms with E-state index in [2.05, 4.69) is 19.2 Å². The van der Waals surface area contributed by atoms with Crippen LogP contribution in [0.1, 0.15) is 72.1 Å². The molecule has 1 aliphatic carbocycles. The predicted molar refractivity (Wildman–Crippen MR) is 98.2 cm³/mol. The largest absolute Gasteiger partial charge is 0.478 e. The van der Waals surface area contributed by atoms with Crippen molar-refractivity contribution in [3.8, 4) is 0 Å². The van der Waals surface area contributed by atoms with E-state index >= 15 is 0 Å². The van der Waals surface area contributed by atoms with Gasteiger partial charge in [0.25, 0.3) is 0 Å². The fraction of sp³-hybridized carbons (Fsp3) is 0.789. The molecule has 0 bridgehead atoms. The summed E-state index contributed by atoms with van der Waals surface area (Å²) in [7, 11) is 0. The number of nitrogens with two attached hydrogens (primary N) is 1. The van der Waals surface area contributed by atoms with Crippen molar-refractivity contribution < 1.29 is 19.4 Å². The normalized spacial score (nSPS) is 24.5. The van der Waals surface area contributed by atoms with Crippen molar-refractivity contribution in [2.75, 3.05) is 0 Å². The van der Waals surface area contributed by atoms with Crippen LogP contribution in [0.3, 0.4) is 0 Å². The molecule has 0 saturated carbocycles. The molecule has 4 N–H and O–H groups in total. The summed E-state index contributed by atoms with van der Waals surface area (Å²) in [5.41, 5.74) is 6.38. The van der Waals surface area contributed by atoms with E-state index in [4.69, 9.17) is 10.5 Å². The Morgan fingerprint density at radius 3 is 2.56 bits per heavy atom. The summed E-state index contributed by atoms with van der Waals surface area (Å²) in [6, 6.07) is -0.859. The smallest absolute Gasteiger partial charge is 0.331 e. The third-order valence-corrected chi connectivity index (χ3v) is 4.72. The van der Waals surface area contributed by atoms with Gasteiger partial charge in [-0.15, -0.1) is 0 Å². The number of unbranched alkanes of at least 4 members (excludes halogenated alkanes) is 4. The van der Waals surface area contributed by atoms with Crippen molar-refractivity contribution >= 4 is 11.9 Å². The molecule has 0 fully saturated rings. The van der Waals surface area contributed by atoms with Gasteiger partial charge in [-0.2, -0.15) is 0 Å². The van der Waals surface area contributed by atoms with Crippen molar-refractivity contribution in [3.05, 3.63) is 11.6 Å². The molecular weight excluding hydrogens is 320 g/mol. The number of hydrogen-bond donors (Lipinski definition) is 3. The molecule has 1 rings (SSSR count). The molecule has 0 aromatic carbocycles. The average molecular weight is 354 g/mol. The molecule has 1 amide bonds. The molecule has 6 heteroatoms. The average Bonchev–Trinajstić information content (AvgIpc) is 2.55. The number of amides is 1. The first-order valence-corrected chi connectivity index (χ1v) is 9.51. The second-order valence-corrected chi connectivity index (χ2v) is 6.93. The summed E-state index contributed by atoms with van der Waals surface area (Å²) in [5, 5.41) is 12.1. The minimum Gasteiger partial charge on any atom is -0.478 e. The predicted octanol–water partition coefficient (Wildman–Crippen LogP) is 2.76. The van der Waals surface area contributed by atoms with Crippen LogP contribution in [0.4, 0.5) is 0 Å². The molecule has 0 radical (unpaired) electrons. The minimum atomic E-state index is -0.974. The highest BCUT2D eigenvalue weighted by atomic mass is 16.5. The highest BCUT2D eigenvalue weighted by molar-refractivity contribution is 5.87. The number of aliphatic carboxylic acids is 1. The lowest BCUT2D eigenvalue weighted by atomic mass is 9.88. The zero-order chi connectivity index (χ0) is 18.8. The number of nitrogens with one attached hydrogen (secondary N) is 1. The maximum absolute atomic E-state index is 11.5. The molecule has 6 nitrogen and oxygen atoms in total. The van der Waals surface area contributed by atoms with Gasteiger partial charge in [0, 0.05) is 18.5 Å². The fourth-order valence-corrected chi connectivity index (χ4v) is 3.27. The zero-order valence-electron chi connectivity index (χ0n) is 15.8. The lowest BCUT2D eigenvalue weighted by Crippen LogP contribution is -2.57. The molecule has 0 saturated heterocycles. The molecule has 1 aliphatic rings. The second kappa shape index (κ2) is 11.3. The van der Waals surface area contributed by atoms with Crippen molar-refractivity contribution in [2.45, 2.75) is 96.4 Å². The van der Waals surface area contributed by atoms with Crippen LogP contribution < -0.4 is 11.1 Å². The fourth-order valence-electron chi connectivity index (χ4n) is 3.27. The Labute approximate surface area is 151 Å². The lowest BCUT2D eigenvalue weighted by molar-refractivity contribution is -0.133. The summed E-state index contributed by atoms with van der Waals surface area (Å²) in [6.45, 7) is 5.69. The van der Waals surface area contributed by atoms with E-state index in [0.29, 0.717) is 0 Å². The third-order valence-electron chi connectivity index (χ3n) is 4.72. The summed E-state index contributed by atoms with van der Waals surface area (Å²) in [5.74, 6) is -1.16. The van der Waals surface area contributed by atoms with E-state index in [1.54, 1.807) is 6.08 Å². The number of rotatable bonds is 11. The quantitative estimate of drug-likeness (QED) is 0.495. The van der Waals surface area contributed by atoms with E-state index in [1.807, 2.05) is 0 Å². The Morgan fingerprint density at radius 1 is 1.32 bits per heavy atom. The number of carbonyl (C=O) groups excluding carboxylic acids is 1. The molecule has 4 atom stereocenters. The number of carboxylic acid groups (broad SMARTS) is 1. The molecule has 4 unspecified atom stereocenters. The number of ether oxygens (including phenoxy) is 1. The molecule has 0 aromatic heterocycles. The summed E-state index contributed by atoms with van der Waals surface area (Å²) >= 11 is 0. The number of carbonyl (C=O) groups is 2. The van der Waals surface area contributed by atoms with Gasteiger partial charge < -0.3 is 20.9 Å². The van der Waals surface area contributed by atoms with Gasteiger partial charge >= 0.3 is 5.97 Å². The molecule has 0 aliphatic heterocycles. The summed E-state index contributed by atoms with van der Waals surface area (Å²) in [4.78, 5) is 22.8. The van der Waals surface area contributed by atoms with Crippen LogP contribution in [0.25, 0.3) is 0 Å². The number of carboxylic acids is 1. The molecular formula is C19H34N2O4. The molecule has 0 heterocycles. The zero-order valence-corrected chi connectivity index (χ0v) is 15.8. The molecule has 25 heavy (non-hydrogen) atoms.